The molecule has 0 radical (unpaired) electrons. The summed E-state index contributed by atoms with van der Waals surface area (Å²) < 4.78 is 43.2. The normalized spacial score (nSPS) is 31.9. The zero-order chi connectivity index (χ0) is 15.5. The molecule has 2 aliphatic rings. The Morgan fingerprint density at radius 3 is 2.52 bits per heavy atom. The van der Waals surface area contributed by atoms with E-state index in [1.54, 1.807) is 6.92 Å². The lowest BCUT2D eigenvalue weighted by molar-refractivity contribution is -0.186. The second kappa shape index (κ2) is 6.96. The molecule has 1 saturated heterocycles. The fraction of sp³-hybridized carbons (Fsp3) is 0.929. The van der Waals surface area contributed by atoms with Crippen LogP contribution in [0.15, 0.2) is 0 Å². The van der Waals surface area contributed by atoms with Gasteiger partial charge in [-0.15, -0.1) is 0 Å². The number of rotatable bonds is 3. The van der Waals surface area contributed by atoms with Crippen LogP contribution in [0.25, 0.3) is 0 Å². The first-order valence-electron chi connectivity index (χ1n) is 7.63. The average molecular weight is 308 g/mol. The van der Waals surface area contributed by atoms with E-state index in [2.05, 4.69) is 5.32 Å². The minimum absolute atomic E-state index is 0.0557. The van der Waals surface area contributed by atoms with Gasteiger partial charge in [-0.05, 0) is 32.6 Å². The molecule has 1 unspecified atom stereocenters. The number of nitrogens with zero attached hydrogens (tertiary/aromatic N) is 1. The van der Waals surface area contributed by atoms with Gasteiger partial charge in [0.1, 0.15) is 6.04 Å². The van der Waals surface area contributed by atoms with Crippen LogP contribution in [-0.2, 0) is 9.53 Å². The van der Waals surface area contributed by atoms with Crippen molar-refractivity contribution in [1.29, 1.82) is 0 Å². The van der Waals surface area contributed by atoms with Gasteiger partial charge in [-0.1, -0.05) is 0 Å². The highest BCUT2D eigenvalue weighted by atomic mass is 19.4. The maximum absolute atomic E-state index is 12.7. The van der Waals surface area contributed by atoms with E-state index in [0.717, 1.165) is 6.54 Å². The van der Waals surface area contributed by atoms with Crippen molar-refractivity contribution in [2.45, 2.75) is 50.9 Å². The number of hydrogen-bond donors (Lipinski definition) is 1. The molecule has 1 heterocycles. The Hall–Kier alpha value is -0.820. The zero-order valence-corrected chi connectivity index (χ0v) is 12.3. The third-order valence-corrected chi connectivity index (χ3v) is 4.47. The molecule has 1 saturated carbocycles. The molecule has 7 heteroatoms. The third kappa shape index (κ3) is 4.10. The second-order valence-corrected chi connectivity index (χ2v) is 5.76. The lowest BCUT2D eigenvalue weighted by Gasteiger charge is -2.43. The van der Waals surface area contributed by atoms with Crippen LogP contribution in [0.5, 0.6) is 0 Å². The van der Waals surface area contributed by atoms with Crippen molar-refractivity contribution >= 4 is 5.97 Å². The molecule has 1 atom stereocenters. The molecule has 0 aromatic carbocycles. The van der Waals surface area contributed by atoms with Crippen molar-refractivity contribution in [2.24, 2.45) is 5.92 Å². The molecular formula is C14H23F3N2O2. The van der Waals surface area contributed by atoms with Crippen molar-refractivity contribution < 1.29 is 22.7 Å². The SMILES string of the molecule is CCOC(=O)C1CNCCN1C1CCC(C(F)(F)F)CC1. The van der Waals surface area contributed by atoms with Gasteiger partial charge in [-0.3, -0.25) is 9.69 Å². The third-order valence-electron chi connectivity index (χ3n) is 4.47. The van der Waals surface area contributed by atoms with E-state index in [4.69, 9.17) is 4.74 Å². The van der Waals surface area contributed by atoms with Gasteiger partial charge < -0.3 is 10.1 Å². The van der Waals surface area contributed by atoms with Crippen LogP contribution >= 0.6 is 0 Å². The van der Waals surface area contributed by atoms with Crippen LogP contribution < -0.4 is 5.32 Å². The number of alkyl halides is 3. The molecule has 2 fully saturated rings. The number of piperazine rings is 1. The van der Waals surface area contributed by atoms with Crippen LogP contribution in [0, 0.1) is 5.92 Å². The summed E-state index contributed by atoms with van der Waals surface area (Å²) >= 11 is 0. The number of carbonyl (C=O) groups excluding carboxylic acids is 1. The van der Waals surface area contributed by atoms with Crippen molar-refractivity contribution in [3.63, 3.8) is 0 Å². The van der Waals surface area contributed by atoms with Crippen LogP contribution in [-0.4, -0.2) is 55.4 Å². The predicted molar refractivity (Wildman–Crippen MR) is 71.8 cm³/mol. The zero-order valence-electron chi connectivity index (χ0n) is 12.3. The highest BCUT2D eigenvalue weighted by molar-refractivity contribution is 5.76. The summed E-state index contributed by atoms with van der Waals surface area (Å²) in [5, 5.41) is 3.15. The minimum Gasteiger partial charge on any atom is -0.465 e. The molecule has 1 aliphatic heterocycles. The number of halogens is 3. The molecule has 0 aromatic heterocycles. The molecule has 0 aromatic rings. The molecule has 122 valence electrons. The molecule has 0 spiro atoms. The lowest BCUT2D eigenvalue weighted by atomic mass is 9.84. The Balaban J connectivity index is 1.95. The van der Waals surface area contributed by atoms with E-state index in [0.29, 0.717) is 32.5 Å². The summed E-state index contributed by atoms with van der Waals surface area (Å²) in [6.45, 7) is 4.04. The number of nitrogens with one attached hydrogen (secondary N) is 1. The topological polar surface area (TPSA) is 41.6 Å². The van der Waals surface area contributed by atoms with E-state index in [-0.39, 0.29) is 30.9 Å². The fourth-order valence-electron chi connectivity index (χ4n) is 3.35. The standard InChI is InChI=1S/C14H23F3N2O2/c1-2-21-13(20)12-9-18-7-8-19(12)11-5-3-10(4-6-11)14(15,16)17/h10-12,18H,2-9H2,1H3. The molecule has 0 bridgehead atoms. The Morgan fingerprint density at radius 1 is 1.29 bits per heavy atom. The monoisotopic (exact) mass is 308 g/mol. The maximum atomic E-state index is 12.7. The molecule has 4 nitrogen and oxygen atoms in total. The van der Waals surface area contributed by atoms with Gasteiger partial charge >= 0.3 is 12.1 Å². The summed E-state index contributed by atoms with van der Waals surface area (Å²) in [5.41, 5.74) is 0. The van der Waals surface area contributed by atoms with Crippen molar-refractivity contribution in [2.75, 3.05) is 26.2 Å². The van der Waals surface area contributed by atoms with E-state index < -0.39 is 12.1 Å². The lowest BCUT2D eigenvalue weighted by Crippen LogP contribution is -2.59. The Labute approximate surface area is 123 Å². The molecule has 1 aliphatic carbocycles. The molecular weight excluding hydrogens is 285 g/mol. The van der Waals surface area contributed by atoms with E-state index >= 15 is 0 Å². The Kier molecular flexibility index (Phi) is 5.48. The summed E-state index contributed by atoms with van der Waals surface area (Å²) in [7, 11) is 0. The van der Waals surface area contributed by atoms with Crippen LogP contribution in [0.2, 0.25) is 0 Å². The van der Waals surface area contributed by atoms with Gasteiger partial charge in [0.05, 0.1) is 12.5 Å². The Morgan fingerprint density at radius 2 is 1.95 bits per heavy atom. The van der Waals surface area contributed by atoms with E-state index in [1.807, 2.05) is 4.90 Å². The van der Waals surface area contributed by atoms with Gasteiger partial charge in [0.25, 0.3) is 0 Å². The van der Waals surface area contributed by atoms with Crippen LogP contribution in [0.3, 0.4) is 0 Å². The van der Waals surface area contributed by atoms with E-state index in [1.165, 1.54) is 0 Å². The van der Waals surface area contributed by atoms with Gasteiger partial charge in [0.15, 0.2) is 0 Å². The molecule has 21 heavy (non-hydrogen) atoms. The average Bonchev–Trinajstić information content (AvgIpc) is 2.47. The van der Waals surface area contributed by atoms with Gasteiger partial charge in [0, 0.05) is 25.7 Å². The number of carbonyl (C=O) groups is 1. The predicted octanol–water partition coefficient (Wildman–Crippen LogP) is 1.94. The minimum atomic E-state index is -4.09. The second-order valence-electron chi connectivity index (χ2n) is 5.76. The first-order valence-corrected chi connectivity index (χ1v) is 7.63. The molecule has 2 rings (SSSR count). The van der Waals surface area contributed by atoms with Crippen molar-refractivity contribution in [1.82, 2.24) is 10.2 Å². The maximum Gasteiger partial charge on any atom is 0.391 e. The van der Waals surface area contributed by atoms with Crippen molar-refractivity contribution in [3.05, 3.63) is 0 Å². The first kappa shape index (κ1) is 16.5. The summed E-state index contributed by atoms with van der Waals surface area (Å²) in [5.74, 6) is -1.46. The summed E-state index contributed by atoms with van der Waals surface area (Å²) in [6, 6.07) is -0.314. The Bertz CT molecular complexity index is 355. The fourth-order valence-corrected chi connectivity index (χ4v) is 3.35. The highest BCUT2D eigenvalue weighted by Gasteiger charge is 2.44. The van der Waals surface area contributed by atoms with Gasteiger partial charge in [-0.2, -0.15) is 13.2 Å². The highest BCUT2D eigenvalue weighted by Crippen LogP contribution is 2.39. The molecule has 0 amide bonds. The molecule has 1 N–H and O–H groups in total. The number of ether oxygens (including phenoxy) is 1. The van der Waals surface area contributed by atoms with Crippen LogP contribution in [0.1, 0.15) is 32.6 Å². The van der Waals surface area contributed by atoms with Gasteiger partial charge in [0.2, 0.25) is 0 Å². The van der Waals surface area contributed by atoms with Crippen molar-refractivity contribution in [3.8, 4) is 0 Å². The van der Waals surface area contributed by atoms with Gasteiger partial charge in [-0.25, -0.2) is 0 Å². The summed E-state index contributed by atoms with van der Waals surface area (Å²) in [6.07, 6.45) is -2.77. The quantitative estimate of drug-likeness (QED) is 0.809. The largest absolute Gasteiger partial charge is 0.465 e. The number of hydrogen-bond acceptors (Lipinski definition) is 4. The summed E-state index contributed by atoms with van der Waals surface area (Å²) in [4.78, 5) is 14.0. The number of esters is 1. The van der Waals surface area contributed by atoms with E-state index in [9.17, 15) is 18.0 Å². The smallest absolute Gasteiger partial charge is 0.391 e. The first-order chi connectivity index (χ1) is 9.93. The van der Waals surface area contributed by atoms with Crippen LogP contribution in [0.4, 0.5) is 13.2 Å².